The number of benzene rings is 2. The third-order valence-electron chi connectivity index (χ3n) is 13.0. The van der Waals surface area contributed by atoms with E-state index in [-0.39, 0.29) is 29.0 Å². The Hall–Kier alpha value is -5.43. The zero-order valence-electron chi connectivity index (χ0n) is 31.4. The van der Waals surface area contributed by atoms with Crippen LogP contribution in [0.1, 0.15) is 60.6 Å². The molecule has 4 fully saturated rings. The van der Waals surface area contributed by atoms with Crippen molar-refractivity contribution in [3.63, 3.8) is 0 Å². The zero-order valence-corrected chi connectivity index (χ0v) is 31.4. The van der Waals surface area contributed by atoms with Gasteiger partial charge in [0, 0.05) is 107 Å². The van der Waals surface area contributed by atoms with E-state index in [1.54, 1.807) is 10.8 Å². The van der Waals surface area contributed by atoms with Crippen molar-refractivity contribution in [3.05, 3.63) is 82.5 Å². The van der Waals surface area contributed by atoms with Crippen molar-refractivity contribution in [2.24, 2.45) is 13.0 Å². The molecule has 3 saturated heterocycles. The van der Waals surface area contributed by atoms with Crippen molar-refractivity contribution in [2.75, 3.05) is 68.7 Å². The van der Waals surface area contributed by atoms with Gasteiger partial charge in [-0.15, -0.1) is 0 Å². The summed E-state index contributed by atoms with van der Waals surface area (Å²) in [5.41, 5.74) is 8.78. The number of rotatable bonds is 7. The first-order valence-electron chi connectivity index (χ1n) is 20.0. The summed E-state index contributed by atoms with van der Waals surface area (Å²) in [5, 5.41) is 5.98. The molecule has 13 heteroatoms. The molecular weight excluding hydrogens is 693 g/mol. The number of aromatic amines is 1. The molecule has 0 radical (unpaired) electrons. The van der Waals surface area contributed by atoms with E-state index < -0.39 is 0 Å². The quantitative estimate of drug-likeness (QED) is 0.228. The van der Waals surface area contributed by atoms with Crippen molar-refractivity contribution in [2.45, 2.75) is 50.0 Å². The van der Waals surface area contributed by atoms with Crippen molar-refractivity contribution in [3.8, 4) is 22.8 Å². The van der Waals surface area contributed by atoms with E-state index in [1.165, 1.54) is 11.4 Å². The van der Waals surface area contributed by atoms with Crippen LogP contribution in [0.15, 0.2) is 65.6 Å². The molecule has 3 aromatic heterocycles. The minimum absolute atomic E-state index is 0.00754. The average Bonchev–Trinajstić information content (AvgIpc) is 3.77. The molecule has 7 heterocycles. The summed E-state index contributed by atoms with van der Waals surface area (Å²) < 4.78 is 3.63. The van der Waals surface area contributed by atoms with Crippen LogP contribution in [-0.4, -0.2) is 99.7 Å². The van der Waals surface area contributed by atoms with Crippen molar-refractivity contribution in [1.82, 2.24) is 39.6 Å². The number of aromatic nitrogens is 5. The molecule has 1 atom stereocenters. The number of nitrogens with zero attached hydrogens (tertiary/aromatic N) is 7. The molecule has 1 unspecified atom stereocenters. The predicted octanol–water partition coefficient (Wildman–Crippen LogP) is 4.06. The van der Waals surface area contributed by atoms with Crippen LogP contribution in [0.5, 0.6) is 0 Å². The number of anilines is 2. The van der Waals surface area contributed by atoms with Crippen molar-refractivity contribution >= 4 is 34.2 Å². The molecule has 10 rings (SSSR count). The normalized spacial score (nSPS) is 21.5. The number of piperazine rings is 1. The Labute approximate surface area is 319 Å². The number of nitrogens with one attached hydrogen (secondary N) is 3. The van der Waals surface area contributed by atoms with E-state index in [2.05, 4.69) is 77.8 Å². The SMILES string of the molecule is Cn1c(=O)n(C2CCC(=O)NC2)c2ccc(N3CCC(CN4CCN(c5ccc(-c6nccc(-c7cc8c([nH]7)C7(CC7)CNC8=O)n6)cc5)CC4)CC3)cc21. The van der Waals surface area contributed by atoms with E-state index in [9.17, 15) is 14.4 Å². The molecule has 2 aromatic carbocycles. The standard InChI is InChI=1S/C42H48N10O3/c1-48-36-22-30(6-8-35(36)52(41(48)55)31-7-9-37(53)44-24-31)50-16-11-27(12-17-50)25-49-18-20-51(21-19-49)29-4-2-28(3-5-29)39-43-15-10-33(47-39)34-23-32-38(46-34)42(13-14-42)26-45-40(32)54/h2-6,8,10,15,22-23,27,31,46H,7,9,11-14,16-21,24-26H2,1H3,(H,44,53)(H,45,54). The van der Waals surface area contributed by atoms with Crippen LogP contribution in [0.3, 0.4) is 0 Å². The van der Waals surface area contributed by atoms with Crippen LogP contribution in [0.25, 0.3) is 33.8 Å². The maximum atomic E-state index is 13.2. The van der Waals surface area contributed by atoms with Gasteiger partial charge in [0.1, 0.15) is 0 Å². The Kier molecular flexibility index (Phi) is 8.30. The molecule has 13 nitrogen and oxygen atoms in total. The maximum Gasteiger partial charge on any atom is 0.329 e. The minimum atomic E-state index is -0.0176. The first-order valence-corrected chi connectivity index (χ1v) is 20.0. The van der Waals surface area contributed by atoms with Crippen molar-refractivity contribution < 1.29 is 9.59 Å². The molecule has 4 aliphatic heterocycles. The first-order chi connectivity index (χ1) is 26.8. The van der Waals surface area contributed by atoms with Gasteiger partial charge in [0.15, 0.2) is 5.82 Å². The Morgan fingerprint density at radius 1 is 0.818 bits per heavy atom. The van der Waals surface area contributed by atoms with E-state index in [0.29, 0.717) is 37.7 Å². The third-order valence-corrected chi connectivity index (χ3v) is 13.0. The fourth-order valence-corrected chi connectivity index (χ4v) is 9.44. The lowest BCUT2D eigenvalue weighted by molar-refractivity contribution is -0.122. The van der Waals surface area contributed by atoms with E-state index in [0.717, 1.165) is 111 Å². The topological polar surface area (TPSA) is 136 Å². The summed E-state index contributed by atoms with van der Waals surface area (Å²) >= 11 is 0. The molecule has 2 amide bonds. The van der Waals surface area contributed by atoms with Crippen LogP contribution in [-0.2, 0) is 17.3 Å². The van der Waals surface area contributed by atoms with Gasteiger partial charge in [-0.2, -0.15) is 0 Å². The number of piperidine rings is 2. The molecule has 5 aliphatic rings. The molecular formula is C42H48N10O3. The molecule has 0 bridgehead atoms. The molecule has 1 spiro atoms. The molecule has 1 aliphatic carbocycles. The highest BCUT2D eigenvalue weighted by atomic mass is 16.2. The van der Waals surface area contributed by atoms with Gasteiger partial charge in [0.2, 0.25) is 5.91 Å². The number of aryl methyl sites for hydroxylation is 1. The van der Waals surface area contributed by atoms with Gasteiger partial charge in [-0.05, 0) is 92.6 Å². The summed E-state index contributed by atoms with van der Waals surface area (Å²) in [6.45, 7) is 8.50. The zero-order chi connectivity index (χ0) is 37.3. The maximum absolute atomic E-state index is 13.2. The van der Waals surface area contributed by atoms with Gasteiger partial charge in [-0.1, -0.05) is 0 Å². The van der Waals surface area contributed by atoms with Gasteiger partial charge >= 0.3 is 5.69 Å². The predicted molar refractivity (Wildman–Crippen MR) is 213 cm³/mol. The second-order valence-corrected chi connectivity index (χ2v) is 16.3. The average molecular weight is 741 g/mol. The fourth-order valence-electron chi connectivity index (χ4n) is 9.44. The van der Waals surface area contributed by atoms with E-state index in [4.69, 9.17) is 4.98 Å². The lowest BCUT2D eigenvalue weighted by Gasteiger charge is -2.40. The second-order valence-electron chi connectivity index (χ2n) is 16.3. The number of hydrogen-bond donors (Lipinski definition) is 3. The molecule has 3 N–H and O–H groups in total. The fraction of sp³-hybridized carbons (Fsp3) is 0.452. The molecule has 5 aromatic rings. The summed E-state index contributed by atoms with van der Waals surface area (Å²) in [6, 6.07) is 18.9. The van der Waals surface area contributed by atoms with Crippen LogP contribution in [0, 0.1) is 5.92 Å². The van der Waals surface area contributed by atoms with E-state index >= 15 is 0 Å². The number of carbonyl (C=O) groups excluding carboxylic acids is 2. The van der Waals surface area contributed by atoms with E-state index in [1.807, 2.05) is 23.7 Å². The summed E-state index contributed by atoms with van der Waals surface area (Å²) in [4.78, 5) is 58.1. The lowest BCUT2D eigenvalue weighted by Crippen LogP contribution is -2.49. The van der Waals surface area contributed by atoms with Gasteiger partial charge in [0.25, 0.3) is 5.91 Å². The second kappa shape index (κ2) is 13.4. The highest BCUT2D eigenvalue weighted by Crippen LogP contribution is 2.50. The van der Waals surface area contributed by atoms with Crippen LogP contribution in [0.4, 0.5) is 11.4 Å². The number of imidazole rings is 1. The Bertz CT molecular complexity index is 2330. The van der Waals surface area contributed by atoms with Gasteiger partial charge in [0.05, 0.1) is 34.0 Å². The lowest BCUT2D eigenvalue weighted by atomic mass is 9.95. The molecule has 55 heavy (non-hydrogen) atoms. The Morgan fingerprint density at radius 2 is 1.58 bits per heavy atom. The summed E-state index contributed by atoms with van der Waals surface area (Å²) in [6.07, 6.45) is 7.47. The molecule has 284 valence electrons. The van der Waals surface area contributed by atoms with Gasteiger partial charge < -0.3 is 25.4 Å². The number of amides is 2. The highest BCUT2D eigenvalue weighted by Gasteiger charge is 2.50. The number of H-pyrrole nitrogens is 1. The van der Waals surface area contributed by atoms with Crippen molar-refractivity contribution in [1.29, 1.82) is 0 Å². The minimum Gasteiger partial charge on any atom is -0.371 e. The third kappa shape index (κ3) is 6.18. The number of fused-ring (bicyclic) bond motifs is 3. The number of hydrogen-bond acceptors (Lipinski definition) is 8. The van der Waals surface area contributed by atoms with Gasteiger partial charge in [-0.3, -0.25) is 23.6 Å². The first kappa shape index (κ1) is 34.1. The smallest absolute Gasteiger partial charge is 0.329 e. The van der Waals surface area contributed by atoms with Crippen LogP contribution < -0.4 is 26.1 Å². The largest absolute Gasteiger partial charge is 0.371 e. The Morgan fingerprint density at radius 3 is 2.33 bits per heavy atom. The number of carbonyl (C=O) groups is 2. The Balaban J connectivity index is 0.727. The van der Waals surface area contributed by atoms with Gasteiger partial charge in [-0.25, -0.2) is 14.8 Å². The summed E-state index contributed by atoms with van der Waals surface area (Å²) in [5.74, 6) is 1.41. The molecule has 1 saturated carbocycles. The van der Waals surface area contributed by atoms with Crippen LogP contribution in [0.2, 0.25) is 0 Å². The van der Waals surface area contributed by atoms with Crippen LogP contribution >= 0.6 is 0 Å². The highest BCUT2D eigenvalue weighted by molar-refractivity contribution is 5.98. The summed E-state index contributed by atoms with van der Waals surface area (Å²) in [7, 11) is 1.85. The monoisotopic (exact) mass is 740 g/mol.